The van der Waals surface area contributed by atoms with Crippen molar-refractivity contribution in [2.24, 2.45) is 0 Å². The molecule has 1 amide bonds. The van der Waals surface area contributed by atoms with Crippen LogP contribution in [0.4, 0.5) is 0 Å². The van der Waals surface area contributed by atoms with Crippen molar-refractivity contribution in [3.05, 3.63) is 105 Å². The second-order valence-corrected chi connectivity index (χ2v) is 9.79. The Bertz CT molecular complexity index is 1690. The highest BCUT2D eigenvalue weighted by molar-refractivity contribution is 5.81. The molecular formula is C32H33N3O8. The molecule has 224 valence electrons. The summed E-state index contributed by atoms with van der Waals surface area (Å²) in [5.74, 6) is -0.299. The Morgan fingerprint density at radius 3 is 2.09 bits per heavy atom. The Labute approximate surface area is 247 Å². The summed E-state index contributed by atoms with van der Waals surface area (Å²) in [5.41, 5.74) is 3.78. The topological polar surface area (TPSA) is 140 Å². The van der Waals surface area contributed by atoms with Crippen LogP contribution >= 0.6 is 0 Å². The summed E-state index contributed by atoms with van der Waals surface area (Å²) in [6.07, 6.45) is 1.27. The lowest BCUT2D eigenvalue weighted by Gasteiger charge is -2.21. The van der Waals surface area contributed by atoms with Crippen LogP contribution in [0, 0.1) is 6.92 Å². The van der Waals surface area contributed by atoms with Gasteiger partial charge in [0.25, 0.3) is 5.56 Å². The third-order valence-electron chi connectivity index (χ3n) is 6.87. The molecule has 0 saturated carbocycles. The van der Waals surface area contributed by atoms with Crippen LogP contribution in [0.5, 0.6) is 11.5 Å². The van der Waals surface area contributed by atoms with Crippen molar-refractivity contribution in [3.8, 4) is 33.8 Å². The number of ether oxygens (including phenoxy) is 3. The van der Waals surface area contributed by atoms with Gasteiger partial charge in [0.15, 0.2) is 0 Å². The number of hydrogen-bond acceptors (Lipinski definition) is 7. The third kappa shape index (κ3) is 7.98. The molecule has 4 aromatic rings. The van der Waals surface area contributed by atoms with Crippen LogP contribution < -0.4 is 20.7 Å². The number of H-pyrrole nitrogens is 1. The molecule has 0 atom stereocenters. The van der Waals surface area contributed by atoms with E-state index in [-0.39, 0.29) is 25.3 Å². The first-order valence-electron chi connectivity index (χ1n) is 13.5. The van der Waals surface area contributed by atoms with Crippen molar-refractivity contribution in [2.45, 2.75) is 20.1 Å². The van der Waals surface area contributed by atoms with Crippen molar-refractivity contribution in [1.82, 2.24) is 14.5 Å². The summed E-state index contributed by atoms with van der Waals surface area (Å²) in [7, 11) is 3.23. The number of aromatic nitrogens is 2. The molecule has 0 radical (unpaired) electrons. The van der Waals surface area contributed by atoms with Crippen LogP contribution in [0.1, 0.15) is 11.1 Å². The highest BCUT2D eigenvalue weighted by Gasteiger charge is 2.18. The van der Waals surface area contributed by atoms with Gasteiger partial charge in [-0.05, 0) is 65.1 Å². The van der Waals surface area contributed by atoms with Gasteiger partial charge in [0.05, 0.1) is 27.4 Å². The molecule has 0 aliphatic carbocycles. The number of nitrogens with one attached hydrogen (secondary N) is 1. The first kappa shape index (κ1) is 30.8. The Hall–Kier alpha value is -5.16. The number of amides is 1. The van der Waals surface area contributed by atoms with E-state index in [0.717, 1.165) is 48.8 Å². The molecule has 3 aromatic carbocycles. The monoisotopic (exact) mass is 587 g/mol. The maximum atomic E-state index is 12.9. The minimum atomic E-state index is -1.20. The van der Waals surface area contributed by atoms with Crippen LogP contribution in [0.15, 0.2) is 82.5 Å². The standard InChI is InChI=1S/C32H33N3O8/c1-21-17-35(32(40)33-31(21)39)18-29(36)34(19-30(37)38)14-15-43-20-25-5-4-24(22-6-10-26(41-2)11-7-22)16-28(25)23-8-12-27(42-3)13-9-23/h4-13,16-17H,14-15,18-20H2,1-3H3,(H,37,38)(H,33,39,40). The van der Waals surface area contributed by atoms with Gasteiger partial charge in [-0.3, -0.25) is 23.9 Å². The number of benzene rings is 3. The highest BCUT2D eigenvalue weighted by atomic mass is 16.5. The normalized spacial score (nSPS) is 10.8. The fourth-order valence-corrected chi connectivity index (χ4v) is 4.50. The number of aromatic amines is 1. The lowest BCUT2D eigenvalue weighted by molar-refractivity contribution is -0.145. The molecule has 0 saturated heterocycles. The van der Waals surface area contributed by atoms with Crippen molar-refractivity contribution in [3.63, 3.8) is 0 Å². The molecule has 0 aliphatic rings. The Balaban J connectivity index is 1.49. The van der Waals surface area contributed by atoms with Gasteiger partial charge in [-0.1, -0.05) is 36.4 Å². The van der Waals surface area contributed by atoms with Gasteiger partial charge in [0.1, 0.15) is 24.6 Å². The molecule has 0 unspecified atom stereocenters. The molecule has 0 spiro atoms. The van der Waals surface area contributed by atoms with Gasteiger partial charge in [-0.2, -0.15) is 0 Å². The van der Waals surface area contributed by atoms with Gasteiger partial charge in [-0.25, -0.2) is 4.79 Å². The number of aryl methyl sites for hydroxylation is 1. The van der Waals surface area contributed by atoms with E-state index in [4.69, 9.17) is 14.2 Å². The zero-order valence-electron chi connectivity index (χ0n) is 24.2. The van der Waals surface area contributed by atoms with Gasteiger partial charge in [0, 0.05) is 18.3 Å². The fraction of sp³-hybridized carbons (Fsp3) is 0.250. The molecule has 0 fully saturated rings. The van der Waals surface area contributed by atoms with Gasteiger partial charge >= 0.3 is 11.7 Å². The molecule has 2 N–H and O–H groups in total. The van der Waals surface area contributed by atoms with E-state index in [1.54, 1.807) is 14.2 Å². The van der Waals surface area contributed by atoms with Gasteiger partial charge < -0.3 is 24.2 Å². The number of rotatable bonds is 13. The minimum Gasteiger partial charge on any atom is -0.497 e. The molecule has 4 rings (SSSR count). The van der Waals surface area contributed by atoms with E-state index < -0.39 is 36.2 Å². The molecule has 1 aromatic heterocycles. The molecule has 11 heteroatoms. The largest absolute Gasteiger partial charge is 0.497 e. The molecule has 43 heavy (non-hydrogen) atoms. The molecular weight excluding hydrogens is 554 g/mol. The second kappa shape index (κ2) is 14.1. The number of carbonyl (C=O) groups excluding carboxylic acids is 1. The first-order chi connectivity index (χ1) is 20.7. The van der Waals surface area contributed by atoms with E-state index >= 15 is 0 Å². The van der Waals surface area contributed by atoms with Crippen molar-refractivity contribution in [1.29, 1.82) is 0 Å². The Morgan fingerprint density at radius 1 is 0.884 bits per heavy atom. The average Bonchev–Trinajstić information content (AvgIpc) is 3.01. The number of carboxylic acids is 1. The van der Waals surface area contributed by atoms with E-state index in [0.29, 0.717) is 0 Å². The molecule has 0 bridgehead atoms. The predicted octanol–water partition coefficient (Wildman–Crippen LogP) is 3.33. The molecule has 1 heterocycles. The lowest BCUT2D eigenvalue weighted by atomic mass is 9.94. The highest BCUT2D eigenvalue weighted by Crippen LogP contribution is 2.32. The van der Waals surface area contributed by atoms with Crippen LogP contribution in [0.25, 0.3) is 22.3 Å². The zero-order valence-corrected chi connectivity index (χ0v) is 24.2. The van der Waals surface area contributed by atoms with Gasteiger partial charge in [-0.15, -0.1) is 0 Å². The Kier molecular flexibility index (Phi) is 10.1. The van der Waals surface area contributed by atoms with Crippen molar-refractivity contribution >= 4 is 11.9 Å². The summed E-state index contributed by atoms with van der Waals surface area (Å²) in [6, 6.07) is 21.5. The lowest BCUT2D eigenvalue weighted by Crippen LogP contribution is -2.42. The minimum absolute atomic E-state index is 0.00990. The Morgan fingerprint density at radius 2 is 1.49 bits per heavy atom. The first-order valence-corrected chi connectivity index (χ1v) is 13.5. The summed E-state index contributed by atoms with van der Waals surface area (Å²) < 4.78 is 17.6. The predicted molar refractivity (Wildman–Crippen MR) is 160 cm³/mol. The summed E-state index contributed by atoms with van der Waals surface area (Å²) >= 11 is 0. The zero-order chi connectivity index (χ0) is 30.9. The van der Waals surface area contributed by atoms with Crippen LogP contribution in [-0.2, 0) is 27.5 Å². The maximum Gasteiger partial charge on any atom is 0.328 e. The van der Waals surface area contributed by atoms with E-state index in [1.807, 2.05) is 60.7 Å². The quantitative estimate of drug-likeness (QED) is 0.227. The van der Waals surface area contributed by atoms with Crippen molar-refractivity contribution in [2.75, 3.05) is 33.9 Å². The summed E-state index contributed by atoms with van der Waals surface area (Å²) in [5, 5.41) is 9.35. The number of nitrogens with zero attached hydrogens (tertiary/aromatic N) is 2. The fourth-order valence-electron chi connectivity index (χ4n) is 4.50. The van der Waals surface area contributed by atoms with Crippen LogP contribution in [0.3, 0.4) is 0 Å². The smallest absolute Gasteiger partial charge is 0.328 e. The van der Waals surface area contributed by atoms with E-state index in [9.17, 15) is 24.3 Å². The average molecular weight is 588 g/mol. The second-order valence-electron chi connectivity index (χ2n) is 9.79. The summed E-state index contributed by atoms with van der Waals surface area (Å²) in [4.78, 5) is 51.3. The molecule has 0 aliphatic heterocycles. The maximum absolute atomic E-state index is 12.9. The third-order valence-corrected chi connectivity index (χ3v) is 6.87. The van der Waals surface area contributed by atoms with Gasteiger partial charge in [0.2, 0.25) is 5.91 Å². The van der Waals surface area contributed by atoms with Crippen LogP contribution in [-0.4, -0.2) is 65.3 Å². The number of hydrogen-bond donors (Lipinski definition) is 2. The number of methoxy groups -OCH3 is 2. The molecule has 11 nitrogen and oxygen atoms in total. The van der Waals surface area contributed by atoms with Crippen LogP contribution in [0.2, 0.25) is 0 Å². The SMILES string of the molecule is COc1ccc(-c2ccc(COCCN(CC(=O)O)C(=O)Cn3cc(C)c(=O)[nH]c3=O)c(-c3ccc(OC)cc3)c2)cc1. The number of carbonyl (C=O) groups is 2. The van der Waals surface area contributed by atoms with E-state index in [1.165, 1.54) is 13.1 Å². The van der Waals surface area contributed by atoms with E-state index in [2.05, 4.69) is 11.1 Å². The summed E-state index contributed by atoms with van der Waals surface area (Å²) in [6.45, 7) is 0.778. The number of aliphatic carboxylic acids is 1. The number of carboxylic acid groups (broad SMARTS) is 1. The van der Waals surface area contributed by atoms with Crippen molar-refractivity contribution < 1.29 is 28.9 Å².